The maximum Gasteiger partial charge on any atom is 0.418 e. The van der Waals surface area contributed by atoms with Crippen molar-refractivity contribution in [1.82, 2.24) is 9.97 Å². The third-order valence-electron chi connectivity index (χ3n) is 6.44. The first kappa shape index (κ1) is 21.3. The van der Waals surface area contributed by atoms with Crippen molar-refractivity contribution in [3.63, 3.8) is 0 Å². The minimum Gasteiger partial charge on any atom is -0.390 e. The number of aliphatic hydroxyl groups is 1. The summed E-state index contributed by atoms with van der Waals surface area (Å²) >= 11 is 0. The highest BCUT2D eigenvalue weighted by molar-refractivity contribution is 5.90. The molecule has 4 rings (SSSR count). The zero-order valence-electron chi connectivity index (χ0n) is 17.2. The number of halogens is 3. The maximum absolute atomic E-state index is 13.4. The summed E-state index contributed by atoms with van der Waals surface area (Å²) in [6.07, 6.45) is 2.28. The number of rotatable bonds is 4. The highest BCUT2D eigenvalue weighted by Gasteiger charge is 2.36. The van der Waals surface area contributed by atoms with E-state index in [0.29, 0.717) is 49.1 Å². The first-order chi connectivity index (χ1) is 14.3. The zero-order chi connectivity index (χ0) is 21.4. The van der Waals surface area contributed by atoms with E-state index in [1.807, 2.05) is 0 Å². The topological polar surface area (TPSA) is 58.5 Å². The predicted octanol–water partition coefficient (Wildman–Crippen LogP) is 4.43. The number of aromatic nitrogens is 2. The van der Waals surface area contributed by atoms with Gasteiger partial charge in [-0.2, -0.15) is 13.2 Å². The van der Waals surface area contributed by atoms with Crippen LogP contribution < -0.4 is 4.90 Å². The number of alkyl halides is 3. The maximum atomic E-state index is 13.4. The number of benzene rings is 1. The van der Waals surface area contributed by atoms with Crippen LogP contribution in [0.1, 0.15) is 44.6 Å². The molecule has 0 saturated carbocycles. The van der Waals surface area contributed by atoms with Crippen LogP contribution in [0, 0.1) is 11.8 Å². The van der Waals surface area contributed by atoms with Gasteiger partial charge >= 0.3 is 6.18 Å². The third-order valence-corrected chi connectivity index (χ3v) is 6.44. The van der Waals surface area contributed by atoms with E-state index in [-0.39, 0.29) is 5.52 Å². The van der Waals surface area contributed by atoms with Crippen LogP contribution >= 0.6 is 0 Å². The van der Waals surface area contributed by atoms with Crippen LogP contribution in [0.15, 0.2) is 24.5 Å². The predicted molar refractivity (Wildman–Crippen MR) is 108 cm³/mol. The van der Waals surface area contributed by atoms with E-state index in [9.17, 15) is 18.3 Å². The van der Waals surface area contributed by atoms with E-state index in [0.717, 1.165) is 38.4 Å². The molecule has 0 radical (unpaired) electrons. The summed E-state index contributed by atoms with van der Waals surface area (Å²) in [6, 6.07) is 2.65. The van der Waals surface area contributed by atoms with Gasteiger partial charge in [0.25, 0.3) is 0 Å². The minimum atomic E-state index is -4.47. The van der Waals surface area contributed by atoms with Gasteiger partial charge in [-0.15, -0.1) is 0 Å². The van der Waals surface area contributed by atoms with Crippen molar-refractivity contribution in [2.45, 2.75) is 50.8 Å². The van der Waals surface area contributed by atoms with Gasteiger partial charge in [-0.3, -0.25) is 9.97 Å². The van der Waals surface area contributed by atoms with E-state index in [2.05, 4.69) is 21.8 Å². The number of hydrogen-bond donors (Lipinski definition) is 1. The molecule has 5 nitrogen and oxygen atoms in total. The van der Waals surface area contributed by atoms with E-state index in [1.165, 1.54) is 18.5 Å². The van der Waals surface area contributed by atoms with Gasteiger partial charge in [0.1, 0.15) is 11.0 Å². The second-order valence-electron chi connectivity index (χ2n) is 8.87. The van der Waals surface area contributed by atoms with Gasteiger partial charge in [0.2, 0.25) is 0 Å². The van der Waals surface area contributed by atoms with Crippen molar-refractivity contribution in [3.8, 4) is 0 Å². The van der Waals surface area contributed by atoms with Crippen LogP contribution in [0.25, 0.3) is 11.0 Å². The van der Waals surface area contributed by atoms with Crippen LogP contribution in [0.5, 0.6) is 0 Å². The average molecular weight is 423 g/mol. The Morgan fingerprint density at radius 1 is 1.13 bits per heavy atom. The minimum absolute atomic E-state index is 0.103. The molecule has 0 aliphatic carbocycles. The van der Waals surface area contributed by atoms with Crippen LogP contribution in [0.3, 0.4) is 0 Å². The number of anilines is 1. The molecule has 2 saturated heterocycles. The van der Waals surface area contributed by atoms with Crippen molar-refractivity contribution >= 4 is 16.7 Å². The Kier molecular flexibility index (Phi) is 5.90. The number of piperidine rings is 1. The molecule has 0 unspecified atom stereocenters. The molecule has 0 spiro atoms. The monoisotopic (exact) mass is 423 g/mol. The second kappa shape index (κ2) is 8.30. The lowest BCUT2D eigenvalue weighted by molar-refractivity contribution is -0.136. The van der Waals surface area contributed by atoms with Crippen LogP contribution in [0.4, 0.5) is 18.9 Å². The Morgan fingerprint density at radius 3 is 2.53 bits per heavy atom. The molecular formula is C22H28F3N3O2. The first-order valence-corrected chi connectivity index (χ1v) is 10.6. The molecule has 1 aromatic heterocycles. The fourth-order valence-electron chi connectivity index (χ4n) is 4.89. The molecule has 2 atom stereocenters. The molecule has 2 aliphatic rings. The first-order valence-electron chi connectivity index (χ1n) is 10.6. The normalized spacial score (nSPS) is 24.9. The van der Waals surface area contributed by atoms with Crippen LogP contribution in [0.2, 0.25) is 0 Å². The largest absolute Gasteiger partial charge is 0.418 e. The van der Waals surface area contributed by atoms with Gasteiger partial charge in [0.15, 0.2) is 0 Å². The molecule has 2 fully saturated rings. The van der Waals surface area contributed by atoms with E-state index in [4.69, 9.17) is 4.74 Å². The van der Waals surface area contributed by atoms with Gasteiger partial charge in [0, 0.05) is 38.7 Å². The zero-order valence-corrected chi connectivity index (χ0v) is 17.2. The Hall–Kier alpha value is -1.93. The van der Waals surface area contributed by atoms with Gasteiger partial charge in [-0.05, 0) is 56.1 Å². The highest BCUT2D eigenvalue weighted by atomic mass is 19.4. The van der Waals surface area contributed by atoms with E-state index in [1.54, 1.807) is 0 Å². The lowest BCUT2D eigenvalue weighted by Gasteiger charge is -2.40. The molecule has 30 heavy (non-hydrogen) atoms. The quantitative estimate of drug-likeness (QED) is 0.788. The molecular weight excluding hydrogens is 395 g/mol. The second-order valence-corrected chi connectivity index (χ2v) is 8.87. The highest BCUT2D eigenvalue weighted by Crippen LogP contribution is 2.39. The van der Waals surface area contributed by atoms with Crippen LogP contribution in [-0.4, -0.2) is 47.0 Å². The number of hydrogen-bond acceptors (Lipinski definition) is 5. The van der Waals surface area contributed by atoms with Crippen molar-refractivity contribution < 1.29 is 23.0 Å². The molecule has 1 N–H and O–H groups in total. The summed E-state index contributed by atoms with van der Waals surface area (Å²) in [6.45, 7) is 4.87. The SMILES string of the molecule is C[C@H]1C[C@@H](CCC2(O)CCOCC2)CN(c2ccc(C(F)(F)F)c3nccnc23)C1. The summed E-state index contributed by atoms with van der Waals surface area (Å²) in [5.41, 5.74) is -0.516. The smallest absolute Gasteiger partial charge is 0.390 e. The lowest BCUT2D eigenvalue weighted by Crippen LogP contribution is -2.42. The summed E-state index contributed by atoms with van der Waals surface area (Å²) in [5.74, 6) is 0.775. The molecule has 3 heterocycles. The Bertz CT molecular complexity index is 884. The van der Waals surface area contributed by atoms with E-state index >= 15 is 0 Å². The number of ether oxygens (including phenoxy) is 1. The van der Waals surface area contributed by atoms with Crippen molar-refractivity contribution in [2.24, 2.45) is 11.8 Å². The summed E-state index contributed by atoms with van der Waals surface area (Å²) in [7, 11) is 0. The van der Waals surface area contributed by atoms with Gasteiger partial charge in [-0.25, -0.2) is 0 Å². The van der Waals surface area contributed by atoms with Crippen molar-refractivity contribution in [3.05, 3.63) is 30.1 Å². The summed E-state index contributed by atoms with van der Waals surface area (Å²) < 4.78 is 45.6. The Labute approximate surface area is 174 Å². The molecule has 2 aliphatic heterocycles. The average Bonchev–Trinajstić information content (AvgIpc) is 2.71. The van der Waals surface area contributed by atoms with E-state index < -0.39 is 17.3 Å². The van der Waals surface area contributed by atoms with Crippen molar-refractivity contribution in [1.29, 1.82) is 0 Å². The fraction of sp³-hybridized carbons (Fsp3) is 0.636. The van der Waals surface area contributed by atoms with Gasteiger partial charge in [0.05, 0.1) is 16.9 Å². The third kappa shape index (κ3) is 4.54. The van der Waals surface area contributed by atoms with Crippen molar-refractivity contribution in [2.75, 3.05) is 31.2 Å². The molecule has 164 valence electrons. The summed E-state index contributed by atoms with van der Waals surface area (Å²) in [4.78, 5) is 10.4. The molecule has 0 bridgehead atoms. The Balaban J connectivity index is 1.55. The number of fused-ring (bicyclic) bond motifs is 1. The Morgan fingerprint density at radius 2 is 1.83 bits per heavy atom. The van der Waals surface area contributed by atoms with Gasteiger partial charge in [-0.1, -0.05) is 6.92 Å². The standard InChI is InChI=1S/C22H28F3N3O2/c1-15-12-16(4-5-21(29)6-10-30-11-7-21)14-28(13-15)18-3-2-17(22(23,24)25)19-20(18)27-9-8-26-19/h2-3,8-9,15-16,29H,4-7,10-14H2,1H3/t15-,16+/m0/s1. The molecule has 0 amide bonds. The molecule has 1 aromatic carbocycles. The number of nitrogens with zero attached hydrogens (tertiary/aromatic N) is 3. The van der Waals surface area contributed by atoms with Crippen LogP contribution in [-0.2, 0) is 10.9 Å². The fourth-order valence-corrected chi connectivity index (χ4v) is 4.89. The van der Waals surface area contributed by atoms with Gasteiger partial charge < -0.3 is 14.7 Å². The molecule has 2 aromatic rings. The summed E-state index contributed by atoms with van der Waals surface area (Å²) in [5, 5.41) is 10.8. The molecule has 8 heteroatoms. The lowest BCUT2D eigenvalue weighted by atomic mass is 9.81.